The number of benzene rings is 1. The van der Waals surface area contributed by atoms with Crippen molar-refractivity contribution in [2.45, 2.75) is 6.92 Å². The van der Waals surface area contributed by atoms with Crippen molar-refractivity contribution < 1.29 is 9.94 Å². The van der Waals surface area contributed by atoms with E-state index in [1.54, 1.807) is 30.6 Å². The second-order valence-electron chi connectivity index (χ2n) is 3.75. The van der Waals surface area contributed by atoms with Crippen LogP contribution in [-0.4, -0.2) is 16.0 Å². The van der Waals surface area contributed by atoms with Gasteiger partial charge in [-0.25, -0.2) is 0 Å². The predicted molar refractivity (Wildman–Crippen MR) is 68.0 cm³/mol. The summed E-state index contributed by atoms with van der Waals surface area (Å²) in [4.78, 5) is 3.97. The van der Waals surface area contributed by atoms with E-state index in [1.165, 1.54) is 0 Å². The number of hydrogen-bond acceptors (Lipinski definition) is 4. The smallest absolute Gasteiger partial charge is 0.170 e. The topological polar surface area (TPSA) is 80.7 Å². The molecule has 92 valence electrons. The first kappa shape index (κ1) is 11.9. The Hall–Kier alpha value is -2.56. The van der Waals surface area contributed by atoms with Crippen LogP contribution in [-0.2, 0) is 0 Å². The molecule has 0 bridgehead atoms. The van der Waals surface area contributed by atoms with Gasteiger partial charge in [-0.1, -0.05) is 5.16 Å². The number of nitrogens with zero attached hydrogens (tertiary/aromatic N) is 2. The van der Waals surface area contributed by atoms with Gasteiger partial charge in [-0.2, -0.15) is 0 Å². The average Bonchev–Trinajstić information content (AvgIpc) is 2.39. The molecule has 1 aromatic heterocycles. The van der Waals surface area contributed by atoms with Gasteiger partial charge >= 0.3 is 0 Å². The number of ether oxygens (including phenoxy) is 1. The highest BCUT2D eigenvalue weighted by Gasteiger charge is 2.05. The van der Waals surface area contributed by atoms with Crippen LogP contribution in [0.15, 0.2) is 47.9 Å². The third-order valence-corrected chi connectivity index (χ3v) is 2.45. The summed E-state index contributed by atoms with van der Waals surface area (Å²) < 4.78 is 5.62. The van der Waals surface area contributed by atoms with E-state index in [0.717, 1.165) is 5.56 Å². The van der Waals surface area contributed by atoms with Crippen LogP contribution in [0.1, 0.15) is 11.1 Å². The molecule has 1 heterocycles. The number of pyridine rings is 1. The number of oxime groups is 1. The van der Waals surface area contributed by atoms with Crippen molar-refractivity contribution in [3.05, 3.63) is 53.9 Å². The Bertz CT molecular complexity index is 568. The summed E-state index contributed by atoms with van der Waals surface area (Å²) >= 11 is 0. The maximum Gasteiger partial charge on any atom is 0.170 e. The lowest BCUT2D eigenvalue weighted by molar-refractivity contribution is 0.318. The number of aromatic nitrogens is 1. The molecule has 0 aliphatic rings. The van der Waals surface area contributed by atoms with Gasteiger partial charge in [0.2, 0.25) is 0 Å². The normalized spacial score (nSPS) is 11.3. The van der Waals surface area contributed by atoms with Crippen molar-refractivity contribution >= 4 is 5.84 Å². The van der Waals surface area contributed by atoms with Crippen molar-refractivity contribution in [2.24, 2.45) is 10.9 Å². The molecule has 0 aliphatic heterocycles. The molecule has 0 radical (unpaired) electrons. The summed E-state index contributed by atoms with van der Waals surface area (Å²) in [6.45, 7) is 1.86. The SMILES string of the molecule is Cc1cc(Oc2cccnc2)ccc1/C(N)=N/O. The second kappa shape index (κ2) is 5.18. The summed E-state index contributed by atoms with van der Waals surface area (Å²) in [5, 5.41) is 11.6. The lowest BCUT2D eigenvalue weighted by Gasteiger charge is -2.08. The van der Waals surface area contributed by atoms with E-state index in [1.807, 2.05) is 19.1 Å². The zero-order valence-electron chi connectivity index (χ0n) is 9.87. The van der Waals surface area contributed by atoms with Gasteiger partial charge in [-0.15, -0.1) is 0 Å². The van der Waals surface area contributed by atoms with Crippen LogP contribution in [0.2, 0.25) is 0 Å². The molecular weight excluding hydrogens is 230 g/mol. The van der Waals surface area contributed by atoms with Crippen molar-refractivity contribution in [2.75, 3.05) is 0 Å². The Balaban J connectivity index is 2.25. The van der Waals surface area contributed by atoms with Crippen LogP contribution in [0.4, 0.5) is 0 Å². The number of hydrogen-bond donors (Lipinski definition) is 2. The molecule has 0 amide bonds. The molecule has 3 N–H and O–H groups in total. The fraction of sp³-hybridized carbons (Fsp3) is 0.0769. The fourth-order valence-corrected chi connectivity index (χ4v) is 1.58. The fourth-order valence-electron chi connectivity index (χ4n) is 1.58. The standard InChI is InChI=1S/C13H13N3O2/c1-9-7-10(4-5-12(9)13(14)16-17)18-11-3-2-6-15-8-11/h2-8,17H,1H3,(H2,14,16). The van der Waals surface area contributed by atoms with E-state index in [9.17, 15) is 0 Å². The van der Waals surface area contributed by atoms with Crippen LogP contribution >= 0.6 is 0 Å². The average molecular weight is 243 g/mol. The highest BCUT2D eigenvalue weighted by Crippen LogP contribution is 2.22. The molecule has 5 heteroatoms. The Labute approximate surface area is 105 Å². The Morgan fingerprint density at radius 2 is 2.17 bits per heavy atom. The number of amidine groups is 1. The molecule has 0 fully saturated rings. The third-order valence-electron chi connectivity index (χ3n) is 2.45. The maximum atomic E-state index is 8.64. The van der Waals surface area contributed by atoms with Crippen molar-refractivity contribution in [3.8, 4) is 11.5 Å². The first-order valence-corrected chi connectivity index (χ1v) is 5.37. The third kappa shape index (κ3) is 2.57. The second-order valence-corrected chi connectivity index (χ2v) is 3.75. The van der Waals surface area contributed by atoms with Crippen molar-refractivity contribution in [1.29, 1.82) is 0 Å². The Morgan fingerprint density at radius 1 is 1.33 bits per heavy atom. The molecule has 2 aromatic rings. The summed E-state index contributed by atoms with van der Waals surface area (Å²) in [6, 6.07) is 8.94. The van der Waals surface area contributed by atoms with Gasteiger partial charge in [0.05, 0.1) is 6.20 Å². The van der Waals surface area contributed by atoms with Gasteiger partial charge in [0.15, 0.2) is 5.84 Å². The first-order chi connectivity index (χ1) is 8.70. The highest BCUT2D eigenvalue weighted by molar-refractivity contribution is 5.98. The molecule has 18 heavy (non-hydrogen) atoms. The van der Waals surface area contributed by atoms with Gasteiger partial charge in [0.25, 0.3) is 0 Å². The zero-order chi connectivity index (χ0) is 13.0. The predicted octanol–water partition coefficient (Wildman–Crippen LogP) is 2.28. The summed E-state index contributed by atoms with van der Waals surface area (Å²) in [5.41, 5.74) is 7.09. The minimum absolute atomic E-state index is 0.0837. The van der Waals surface area contributed by atoms with Crippen LogP contribution in [0.25, 0.3) is 0 Å². The molecule has 2 rings (SSSR count). The monoisotopic (exact) mass is 243 g/mol. The van der Waals surface area contributed by atoms with E-state index >= 15 is 0 Å². The number of aryl methyl sites for hydroxylation is 1. The maximum absolute atomic E-state index is 8.64. The van der Waals surface area contributed by atoms with E-state index in [0.29, 0.717) is 17.1 Å². The minimum atomic E-state index is 0.0837. The Morgan fingerprint density at radius 3 is 2.78 bits per heavy atom. The minimum Gasteiger partial charge on any atom is -0.456 e. The summed E-state index contributed by atoms with van der Waals surface area (Å²) in [6.07, 6.45) is 3.31. The number of rotatable bonds is 3. The molecule has 0 unspecified atom stereocenters. The van der Waals surface area contributed by atoms with Gasteiger partial charge in [0, 0.05) is 11.8 Å². The first-order valence-electron chi connectivity index (χ1n) is 5.37. The zero-order valence-corrected chi connectivity index (χ0v) is 9.87. The quantitative estimate of drug-likeness (QED) is 0.375. The number of nitrogens with two attached hydrogens (primary N) is 1. The van der Waals surface area contributed by atoms with E-state index in [-0.39, 0.29) is 5.84 Å². The highest BCUT2D eigenvalue weighted by atomic mass is 16.5. The lowest BCUT2D eigenvalue weighted by atomic mass is 10.1. The van der Waals surface area contributed by atoms with E-state index in [4.69, 9.17) is 15.7 Å². The van der Waals surface area contributed by atoms with Crippen LogP contribution in [0.5, 0.6) is 11.5 Å². The molecule has 1 aromatic carbocycles. The molecule has 0 aliphatic carbocycles. The largest absolute Gasteiger partial charge is 0.456 e. The molecule has 0 atom stereocenters. The van der Waals surface area contributed by atoms with Crippen molar-refractivity contribution in [3.63, 3.8) is 0 Å². The summed E-state index contributed by atoms with van der Waals surface area (Å²) in [7, 11) is 0. The van der Waals surface area contributed by atoms with Gasteiger partial charge in [-0.05, 0) is 42.8 Å². The molecule has 0 spiro atoms. The van der Waals surface area contributed by atoms with Crippen LogP contribution in [0.3, 0.4) is 0 Å². The Kier molecular flexibility index (Phi) is 3.43. The van der Waals surface area contributed by atoms with Crippen LogP contribution in [0, 0.1) is 6.92 Å². The van der Waals surface area contributed by atoms with Gasteiger partial charge < -0.3 is 15.7 Å². The molecule has 0 saturated heterocycles. The lowest BCUT2D eigenvalue weighted by Crippen LogP contribution is -2.14. The van der Waals surface area contributed by atoms with E-state index in [2.05, 4.69) is 10.1 Å². The van der Waals surface area contributed by atoms with Crippen LogP contribution < -0.4 is 10.5 Å². The van der Waals surface area contributed by atoms with Gasteiger partial charge in [-0.3, -0.25) is 4.98 Å². The van der Waals surface area contributed by atoms with Crippen molar-refractivity contribution in [1.82, 2.24) is 4.98 Å². The molecule has 0 saturated carbocycles. The van der Waals surface area contributed by atoms with Gasteiger partial charge in [0.1, 0.15) is 11.5 Å². The summed E-state index contributed by atoms with van der Waals surface area (Å²) in [5.74, 6) is 1.42. The molecular formula is C13H13N3O2. The molecule has 5 nitrogen and oxygen atoms in total. The van der Waals surface area contributed by atoms with E-state index < -0.39 is 0 Å².